The van der Waals surface area contributed by atoms with Gasteiger partial charge in [0.1, 0.15) is 5.82 Å². The standard InChI is InChI=1S/C11H13ClFNO/c12-7-3-1-4-8(13)11(7)14-9-5-2-6-10(9)15/h1,3-4,9-10,14-15H,2,5-6H2. The van der Waals surface area contributed by atoms with E-state index in [4.69, 9.17) is 11.6 Å². The summed E-state index contributed by atoms with van der Waals surface area (Å²) in [5.74, 6) is -0.374. The van der Waals surface area contributed by atoms with E-state index in [1.165, 1.54) is 6.07 Å². The van der Waals surface area contributed by atoms with Crippen molar-refractivity contribution in [3.63, 3.8) is 0 Å². The minimum absolute atomic E-state index is 0.0839. The SMILES string of the molecule is OC1CCCC1Nc1c(F)cccc1Cl. The van der Waals surface area contributed by atoms with Gasteiger partial charge in [-0.05, 0) is 31.4 Å². The summed E-state index contributed by atoms with van der Waals surface area (Å²) in [4.78, 5) is 0. The van der Waals surface area contributed by atoms with Gasteiger partial charge in [0, 0.05) is 0 Å². The minimum atomic E-state index is -0.402. The van der Waals surface area contributed by atoms with Crippen LogP contribution in [0.5, 0.6) is 0 Å². The van der Waals surface area contributed by atoms with Gasteiger partial charge in [-0.15, -0.1) is 0 Å². The number of halogens is 2. The lowest BCUT2D eigenvalue weighted by molar-refractivity contribution is 0.171. The summed E-state index contributed by atoms with van der Waals surface area (Å²) in [6, 6.07) is 4.47. The molecule has 15 heavy (non-hydrogen) atoms. The molecule has 1 aromatic carbocycles. The second kappa shape index (κ2) is 4.37. The molecule has 0 aromatic heterocycles. The number of para-hydroxylation sites is 1. The number of hydrogen-bond donors (Lipinski definition) is 2. The molecule has 1 saturated carbocycles. The maximum Gasteiger partial charge on any atom is 0.147 e. The molecule has 1 fully saturated rings. The van der Waals surface area contributed by atoms with Crippen molar-refractivity contribution in [1.82, 2.24) is 0 Å². The van der Waals surface area contributed by atoms with Crippen molar-refractivity contribution in [2.24, 2.45) is 0 Å². The summed E-state index contributed by atoms with van der Waals surface area (Å²) in [5, 5.41) is 12.9. The van der Waals surface area contributed by atoms with Crippen LogP contribution in [0.15, 0.2) is 18.2 Å². The average Bonchev–Trinajstić information content (AvgIpc) is 2.58. The van der Waals surface area contributed by atoms with Crippen LogP contribution < -0.4 is 5.32 Å². The molecule has 2 N–H and O–H groups in total. The van der Waals surface area contributed by atoms with Gasteiger partial charge in [-0.1, -0.05) is 17.7 Å². The summed E-state index contributed by atoms with van der Waals surface area (Å²) in [6.45, 7) is 0. The van der Waals surface area contributed by atoms with Crippen molar-refractivity contribution in [1.29, 1.82) is 0 Å². The molecule has 2 rings (SSSR count). The van der Waals surface area contributed by atoms with Gasteiger partial charge in [0.15, 0.2) is 0 Å². The third kappa shape index (κ3) is 2.24. The fraction of sp³-hybridized carbons (Fsp3) is 0.455. The van der Waals surface area contributed by atoms with Crippen LogP contribution in [0.25, 0.3) is 0 Å². The first-order valence-corrected chi connectivity index (χ1v) is 5.45. The van der Waals surface area contributed by atoms with Crippen LogP contribution in [0.1, 0.15) is 19.3 Å². The molecular formula is C11H13ClFNO. The van der Waals surface area contributed by atoms with E-state index in [1.54, 1.807) is 12.1 Å². The second-order valence-electron chi connectivity index (χ2n) is 3.85. The Bertz CT molecular complexity index is 338. The van der Waals surface area contributed by atoms with Crippen molar-refractivity contribution < 1.29 is 9.50 Å². The molecule has 2 atom stereocenters. The van der Waals surface area contributed by atoms with Crippen LogP contribution in [0.3, 0.4) is 0 Å². The molecule has 0 heterocycles. The third-order valence-electron chi connectivity index (χ3n) is 2.77. The minimum Gasteiger partial charge on any atom is -0.391 e. The Balaban J connectivity index is 2.16. The highest BCUT2D eigenvalue weighted by atomic mass is 35.5. The van der Waals surface area contributed by atoms with Crippen molar-refractivity contribution in [3.05, 3.63) is 29.0 Å². The van der Waals surface area contributed by atoms with Gasteiger partial charge in [-0.2, -0.15) is 0 Å². The molecule has 1 aromatic rings. The van der Waals surface area contributed by atoms with Crippen molar-refractivity contribution in [2.75, 3.05) is 5.32 Å². The van der Waals surface area contributed by atoms with Gasteiger partial charge in [-0.3, -0.25) is 0 Å². The molecule has 0 spiro atoms. The normalized spacial score (nSPS) is 25.5. The molecule has 0 radical (unpaired) electrons. The molecule has 2 unspecified atom stereocenters. The van der Waals surface area contributed by atoms with Gasteiger partial charge >= 0.3 is 0 Å². The van der Waals surface area contributed by atoms with Gasteiger partial charge in [0.2, 0.25) is 0 Å². The Hall–Kier alpha value is -0.800. The first-order chi connectivity index (χ1) is 7.18. The van der Waals surface area contributed by atoms with E-state index in [0.717, 1.165) is 19.3 Å². The Morgan fingerprint density at radius 2 is 2.20 bits per heavy atom. The van der Waals surface area contributed by atoms with Crippen LogP contribution in [-0.2, 0) is 0 Å². The molecular weight excluding hydrogens is 217 g/mol. The van der Waals surface area contributed by atoms with Crippen LogP contribution in [0.2, 0.25) is 5.02 Å². The van der Waals surface area contributed by atoms with E-state index in [1.807, 2.05) is 0 Å². The highest BCUT2D eigenvalue weighted by molar-refractivity contribution is 6.33. The molecule has 0 amide bonds. The maximum atomic E-state index is 13.4. The summed E-state index contributed by atoms with van der Waals surface area (Å²) in [7, 11) is 0. The summed E-state index contributed by atoms with van der Waals surface area (Å²) < 4.78 is 13.4. The zero-order valence-electron chi connectivity index (χ0n) is 8.21. The van der Waals surface area contributed by atoms with Crippen molar-refractivity contribution in [3.8, 4) is 0 Å². The lowest BCUT2D eigenvalue weighted by atomic mass is 10.2. The Kier molecular flexibility index (Phi) is 3.12. The molecule has 4 heteroatoms. The van der Waals surface area contributed by atoms with Crippen LogP contribution in [-0.4, -0.2) is 17.3 Å². The van der Waals surface area contributed by atoms with Gasteiger partial charge < -0.3 is 10.4 Å². The maximum absolute atomic E-state index is 13.4. The summed E-state index contributed by atoms with van der Waals surface area (Å²) in [5.41, 5.74) is 0.296. The number of rotatable bonds is 2. The van der Waals surface area contributed by atoms with E-state index in [2.05, 4.69) is 5.32 Å². The monoisotopic (exact) mass is 229 g/mol. The fourth-order valence-corrected chi connectivity index (χ4v) is 2.15. The third-order valence-corrected chi connectivity index (χ3v) is 3.09. The Morgan fingerprint density at radius 3 is 2.80 bits per heavy atom. The van der Waals surface area contributed by atoms with E-state index < -0.39 is 6.10 Å². The predicted octanol–water partition coefficient (Wildman–Crippen LogP) is 2.80. The molecule has 0 aliphatic heterocycles. The van der Waals surface area contributed by atoms with Gasteiger partial charge in [0.25, 0.3) is 0 Å². The molecule has 82 valence electrons. The van der Waals surface area contributed by atoms with E-state index in [9.17, 15) is 9.50 Å². The largest absolute Gasteiger partial charge is 0.391 e. The molecule has 0 saturated heterocycles. The fourth-order valence-electron chi connectivity index (χ4n) is 1.93. The van der Waals surface area contributed by atoms with E-state index >= 15 is 0 Å². The summed E-state index contributed by atoms with van der Waals surface area (Å²) >= 11 is 5.87. The average molecular weight is 230 g/mol. The zero-order chi connectivity index (χ0) is 10.8. The summed E-state index contributed by atoms with van der Waals surface area (Å²) in [6.07, 6.45) is 2.18. The van der Waals surface area contributed by atoms with Crippen molar-refractivity contribution >= 4 is 17.3 Å². The Labute approximate surface area is 93.1 Å². The first kappa shape index (κ1) is 10.7. The van der Waals surface area contributed by atoms with Crippen LogP contribution >= 0.6 is 11.6 Å². The molecule has 2 nitrogen and oxygen atoms in total. The van der Waals surface area contributed by atoms with Crippen LogP contribution in [0.4, 0.5) is 10.1 Å². The lowest BCUT2D eigenvalue weighted by Crippen LogP contribution is -2.28. The van der Waals surface area contributed by atoms with E-state index in [0.29, 0.717) is 10.7 Å². The second-order valence-corrected chi connectivity index (χ2v) is 4.25. The molecule has 0 bridgehead atoms. The topological polar surface area (TPSA) is 32.3 Å². The number of nitrogens with one attached hydrogen (secondary N) is 1. The van der Waals surface area contributed by atoms with Gasteiger partial charge in [0.05, 0.1) is 22.9 Å². The highest BCUT2D eigenvalue weighted by Gasteiger charge is 2.26. The number of aliphatic hydroxyl groups excluding tert-OH is 1. The predicted molar refractivity (Wildman–Crippen MR) is 58.7 cm³/mol. The number of aliphatic hydroxyl groups is 1. The van der Waals surface area contributed by atoms with Gasteiger partial charge in [-0.25, -0.2) is 4.39 Å². The smallest absolute Gasteiger partial charge is 0.147 e. The number of anilines is 1. The number of hydrogen-bond acceptors (Lipinski definition) is 2. The van der Waals surface area contributed by atoms with Crippen molar-refractivity contribution in [2.45, 2.75) is 31.4 Å². The van der Waals surface area contributed by atoms with E-state index in [-0.39, 0.29) is 11.9 Å². The zero-order valence-corrected chi connectivity index (χ0v) is 8.97. The lowest BCUT2D eigenvalue weighted by Gasteiger charge is -2.19. The molecule has 1 aliphatic carbocycles. The number of benzene rings is 1. The quantitative estimate of drug-likeness (QED) is 0.818. The Morgan fingerprint density at radius 1 is 1.40 bits per heavy atom. The molecule has 1 aliphatic rings. The highest BCUT2D eigenvalue weighted by Crippen LogP contribution is 2.29. The van der Waals surface area contributed by atoms with Crippen LogP contribution in [0, 0.1) is 5.82 Å². The first-order valence-electron chi connectivity index (χ1n) is 5.07.